The van der Waals surface area contributed by atoms with Crippen LogP contribution in [-0.2, 0) is 0 Å². The van der Waals surface area contributed by atoms with Crippen molar-refractivity contribution in [3.8, 4) is 0 Å². The quantitative estimate of drug-likeness (QED) is 0.589. The van der Waals surface area contributed by atoms with Gasteiger partial charge in [0.2, 0.25) is 0 Å². The van der Waals surface area contributed by atoms with E-state index >= 15 is 0 Å². The first-order valence-corrected chi connectivity index (χ1v) is 9.49. The SMILES string of the molecule is O=C(c1ccc([N+](=O)[O-])cc1)N1CCN(c2ccc(N3CCCC3)nn2)CC1. The highest BCUT2D eigenvalue weighted by Gasteiger charge is 2.24. The van der Waals surface area contributed by atoms with Gasteiger partial charge in [-0.05, 0) is 37.1 Å². The van der Waals surface area contributed by atoms with Crippen molar-refractivity contribution >= 4 is 23.2 Å². The number of non-ortho nitro benzene ring substituents is 1. The number of nitrogens with zero attached hydrogens (tertiary/aromatic N) is 6. The van der Waals surface area contributed by atoms with E-state index in [-0.39, 0.29) is 11.6 Å². The summed E-state index contributed by atoms with van der Waals surface area (Å²) >= 11 is 0. The monoisotopic (exact) mass is 382 g/mol. The van der Waals surface area contributed by atoms with Gasteiger partial charge in [0.25, 0.3) is 11.6 Å². The summed E-state index contributed by atoms with van der Waals surface area (Å²) in [6.07, 6.45) is 2.41. The summed E-state index contributed by atoms with van der Waals surface area (Å²) in [7, 11) is 0. The lowest BCUT2D eigenvalue weighted by atomic mass is 10.1. The Kier molecular flexibility index (Phi) is 5.05. The first kappa shape index (κ1) is 18.1. The second-order valence-corrected chi connectivity index (χ2v) is 7.03. The van der Waals surface area contributed by atoms with Gasteiger partial charge >= 0.3 is 0 Å². The molecule has 0 bridgehead atoms. The van der Waals surface area contributed by atoms with Gasteiger partial charge in [-0.3, -0.25) is 14.9 Å². The summed E-state index contributed by atoms with van der Waals surface area (Å²) in [5.74, 6) is 1.64. The number of piperazine rings is 1. The fourth-order valence-corrected chi connectivity index (χ4v) is 3.65. The molecule has 1 aromatic carbocycles. The summed E-state index contributed by atoms with van der Waals surface area (Å²) in [6, 6.07) is 9.75. The molecule has 0 saturated carbocycles. The number of nitro groups is 1. The number of benzene rings is 1. The first-order chi connectivity index (χ1) is 13.6. The maximum atomic E-state index is 12.6. The first-order valence-electron chi connectivity index (χ1n) is 9.49. The molecule has 0 N–H and O–H groups in total. The number of carbonyl (C=O) groups is 1. The normalized spacial score (nSPS) is 17.1. The van der Waals surface area contributed by atoms with Crippen LogP contribution in [0.2, 0.25) is 0 Å². The Morgan fingerprint density at radius 1 is 0.821 bits per heavy atom. The zero-order chi connectivity index (χ0) is 19.5. The molecule has 0 atom stereocenters. The molecule has 28 heavy (non-hydrogen) atoms. The van der Waals surface area contributed by atoms with Gasteiger partial charge < -0.3 is 14.7 Å². The predicted molar refractivity (Wildman–Crippen MR) is 105 cm³/mol. The number of amides is 1. The molecule has 1 aromatic heterocycles. The molecule has 3 heterocycles. The number of nitro benzene ring substituents is 1. The zero-order valence-electron chi connectivity index (χ0n) is 15.5. The van der Waals surface area contributed by atoms with E-state index in [1.54, 1.807) is 4.90 Å². The van der Waals surface area contributed by atoms with E-state index in [0.29, 0.717) is 31.7 Å². The van der Waals surface area contributed by atoms with Crippen LogP contribution in [0, 0.1) is 10.1 Å². The Hall–Kier alpha value is -3.23. The largest absolute Gasteiger partial charge is 0.355 e. The molecule has 1 amide bonds. The van der Waals surface area contributed by atoms with Crippen LogP contribution in [0.4, 0.5) is 17.3 Å². The van der Waals surface area contributed by atoms with E-state index < -0.39 is 4.92 Å². The highest BCUT2D eigenvalue weighted by molar-refractivity contribution is 5.94. The number of carbonyl (C=O) groups excluding carboxylic acids is 1. The molecule has 2 aliphatic heterocycles. The third kappa shape index (κ3) is 3.73. The van der Waals surface area contributed by atoms with Crippen LogP contribution >= 0.6 is 0 Å². The van der Waals surface area contributed by atoms with Crippen LogP contribution in [0.1, 0.15) is 23.2 Å². The lowest BCUT2D eigenvalue weighted by Gasteiger charge is -2.35. The highest BCUT2D eigenvalue weighted by Crippen LogP contribution is 2.20. The van der Waals surface area contributed by atoms with Gasteiger partial charge in [0.15, 0.2) is 11.6 Å². The summed E-state index contributed by atoms with van der Waals surface area (Å²) in [4.78, 5) is 29.0. The topological polar surface area (TPSA) is 95.7 Å². The lowest BCUT2D eigenvalue weighted by Crippen LogP contribution is -2.49. The molecule has 0 radical (unpaired) electrons. The third-order valence-electron chi connectivity index (χ3n) is 5.28. The van der Waals surface area contributed by atoms with Crippen molar-refractivity contribution in [2.24, 2.45) is 0 Å². The number of aromatic nitrogens is 2. The van der Waals surface area contributed by atoms with Crippen LogP contribution in [0.5, 0.6) is 0 Å². The molecular formula is C19H22N6O3. The number of rotatable bonds is 4. The van der Waals surface area contributed by atoms with Crippen molar-refractivity contribution in [2.75, 3.05) is 49.1 Å². The molecule has 0 unspecified atom stereocenters. The molecule has 0 spiro atoms. The fourth-order valence-electron chi connectivity index (χ4n) is 3.65. The van der Waals surface area contributed by atoms with Crippen LogP contribution in [-0.4, -0.2) is 65.2 Å². The summed E-state index contributed by atoms with van der Waals surface area (Å²) in [5, 5.41) is 19.5. The standard InChI is InChI=1S/C19H22N6O3/c26-19(15-3-5-16(6-4-15)25(27)28)24-13-11-23(12-14-24)18-8-7-17(20-21-18)22-9-1-2-10-22/h3-8H,1-2,9-14H2. The van der Waals surface area contributed by atoms with Gasteiger partial charge in [-0.1, -0.05) is 0 Å². The predicted octanol–water partition coefficient (Wildman–Crippen LogP) is 1.95. The van der Waals surface area contributed by atoms with Crippen molar-refractivity contribution in [1.29, 1.82) is 0 Å². The van der Waals surface area contributed by atoms with Gasteiger partial charge in [0.05, 0.1) is 4.92 Å². The van der Waals surface area contributed by atoms with Crippen molar-refractivity contribution in [3.05, 3.63) is 52.1 Å². The zero-order valence-corrected chi connectivity index (χ0v) is 15.5. The highest BCUT2D eigenvalue weighted by atomic mass is 16.6. The summed E-state index contributed by atoms with van der Waals surface area (Å²) in [5.41, 5.74) is 0.450. The second-order valence-electron chi connectivity index (χ2n) is 7.03. The maximum absolute atomic E-state index is 12.6. The molecule has 2 aromatic rings. The van der Waals surface area contributed by atoms with Crippen molar-refractivity contribution < 1.29 is 9.72 Å². The Labute approximate surface area is 162 Å². The van der Waals surface area contributed by atoms with Gasteiger partial charge in [-0.2, -0.15) is 0 Å². The van der Waals surface area contributed by atoms with E-state index in [1.807, 2.05) is 12.1 Å². The molecule has 2 saturated heterocycles. The Bertz CT molecular complexity index is 841. The lowest BCUT2D eigenvalue weighted by molar-refractivity contribution is -0.384. The second kappa shape index (κ2) is 7.79. The minimum atomic E-state index is -0.469. The maximum Gasteiger partial charge on any atom is 0.269 e. The van der Waals surface area contributed by atoms with Crippen LogP contribution in [0.25, 0.3) is 0 Å². The number of hydrogen-bond donors (Lipinski definition) is 0. The molecule has 146 valence electrons. The van der Waals surface area contributed by atoms with E-state index in [0.717, 1.165) is 24.7 Å². The van der Waals surface area contributed by atoms with Gasteiger partial charge in [0.1, 0.15) is 0 Å². The van der Waals surface area contributed by atoms with Crippen LogP contribution < -0.4 is 9.80 Å². The summed E-state index contributed by atoms with van der Waals surface area (Å²) < 4.78 is 0. The minimum absolute atomic E-state index is 0.0164. The minimum Gasteiger partial charge on any atom is -0.355 e. The number of hydrogen-bond acceptors (Lipinski definition) is 7. The van der Waals surface area contributed by atoms with Crippen LogP contribution in [0.15, 0.2) is 36.4 Å². The van der Waals surface area contributed by atoms with E-state index in [9.17, 15) is 14.9 Å². The Balaban J connectivity index is 1.35. The molecule has 9 nitrogen and oxygen atoms in total. The third-order valence-corrected chi connectivity index (χ3v) is 5.28. The Morgan fingerprint density at radius 2 is 1.36 bits per heavy atom. The molecule has 9 heteroatoms. The van der Waals surface area contributed by atoms with Crippen molar-refractivity contribution in [1.82, 2.24) is 15.1 Å². The average molecular weight is 382 g/mol. The molecule has 2 aliphatic rings. The fraction of sp³-hybridized carbons (Fsp3) is 0.421. The molecule has 0 aliphatic carbocycles. The van der Waals surface area contributed by atoms with Gasteiger partial charge in [-0.25, -0.2) is 0 Å². The van der Waals surface area contributed by atoms with Gasteiger partial charge in [0, 0.05) is 57.0 Å². The molecule has 2 fully saturated rings. The smallest absolute Gasteiger partial charge is 0.269 e. The van der Waals surface area contributed by atoms with Crippen molar-refractivity contribution in [2.45, 2.75) is 12.8 Å². The number of anilines is 2. The van der Waals surface area contributed by atoms with E-state index in [2.05, 4.69) is 20.0 Å². The van der Waals surface area contributed by atoms with Crippen LogP contribution in [0.3, 0.4) is 0 Å². The van der Waals surface area contributed by atoms with E-state index in [1.165, 1.54) is 37.1 Å². The molecule has 4 rings (SSSR count). The van der Waals surface area contributed by atoms with Gasteiger partial charge in [-0.15, -0.1) is 10.2 Å². The average Bonchev–Trinajstić information content (AvgIpc) is 3.28. The Morgan fingerprint density at radius 3 is 1.86 bits per heavy atom. The van der Waals surface area contributed by atoms with Crippen molar-refractivity contribution in [3.63, 3.8) is 0 Å². The summed E-state index contributed by atoms with van der Waals surface area (Å²) in [6.45, 7) is 4.58. The molecular weight excluding hydrogens is 360 g/mol. The van der Waals surface area contributed by atoms with E-state index in [4.69, 9.17) is 0 Å².